The van der Waals surface area contributed by atoms with Crippen LogP contribution >= 0.6 is 11.6 Å². The zero-order valence-corrected chi connectivity index (χ0v) is 11.9. The lowest BCUT2D eigenvalue weighted by Gasteiger charge is -2.17. The molecule has 7 heteroatoms. The second kappa shape index (κ2) is 6.32. The number of halogens is 1. The van der Waals surface area contributed by atoms with Crippen LogP contribution in [0.15, 0.2) is 42.7 Å². The fourth-order valence-corrected chi connectivity index (χ4v) is 2.04. The lowest BCUT2D eigenvalue weighted by Crippen LogP contribution is -2.26. The number of aromatic nitrogens is 1. The summed E-state index contributed by atoms with van der Waals surface area (Å²) in [5.41, 5.74) is 0.958. The van der Waals surface area contributed by atoms with Crippen molar-refractivity contribution in [1.29, 1.82) is 0 Å². The molecule has 6 nitrogen and oxygen atoms in total. The predicted octanol–water partition coefficient (Wildman–Crippen LogP) is 2.92. The van der Waals surface area contributed by atoms with Gasteiger partial charge < -0.3 is 4.90 Å². The average Bonchev–Trinajstić information content (AvgIpc) is 2.47. The number of benzene rings is 1. The quantitative estimate of drug-likeness (QED) is 0.643. The Labute approximate surface area is 126 Å². The Bertz CT molecular complexity index is 691. The highest BCUT2D eigenvalue weighted by atomic mass is 35.5. The summed E-state index contributed by atoms with van der Waals surface area (Å²) in [6.07, 6.45) is 2.90. The lowest BCUT2D eigenvalue weighted by molar-refractivity contribution is -0.384. The van der Waals surface area contributed by atoms with Crippen molar-refractivity contribution >= 4 is 23.2 Å². The summed E-state index contributed by atoms with van der Waals surface area (Å²) in [5, 5.41) is 11.1. The van der Waals surface area contributed by atoms with Gasteiger partial charge in [-0.05, 0) is 11.6 Å². The van der Waals surface area contributed by atoms with Crippen LogP contribution in [0.4, 0.5) is 5.69 Å². The van der Waals surface area contributed by atoms with E-state index in [-0.39, 0.29) is 18.1 Å². The number of carbonyl (C=O) groups is 1. The van der Waals surface area contributed by atoms with Gasteiger partial charge in [0.15, 0.2) is 0 Å². The minimum absolute atomic E-state index is 0.00670. The fraction of sp³-hybridized carbons (Fsp3) is 0.143. The van der Waals surface area contributed by atoms with Crippen LogP contribution in [-0.2, 0) is 6.54 Å². The largest absolute Gasteiger partial charge is 0.337 e. The maximum absolute atomic E-state index is 12.3. The summed E-state index contributed by atoms with van der Waals surface area (Å²) < 4.78 is 0. The first-order valence-electron chi connectivity index (χ1n) is 6.07. The number of amides is 1. The van der Waals surface area contributed by atoms with Gasteiger partial charge in [-0.2, -0.15) is 0 Å². The number of nitro groups is 1. The van der Waals surface area contributed by atoms with Crippen LogP contribution in [0.1, 0.15) is 15.9 Å². The maximum atomic E-state index is 12.3. The molecule has 0 N–H and O–H groups in total. The van der Waals surface area contributed by atoms with Crippen molar-refractivity contribution in [2.75, 3.05) is 7.05 Å². The molecule has 0 spiro atoms. The van der Waals surface area contributed by atoms with Gasteiger partial charge in [0.05, 0.1) is 15.5 Å². The Morgan fingerprint density at radius 1 is 1.43 bits per heavy atom. The number of pyridine rings is 1. The minimum Gasteiger partial charge on any atom is -0.337 e. The van der Waals surface area contributed by atoms with E-state index in [2.05, 4.69) is 4.98 Å². The molecule has 0 bridgehead atoms. The van der Waals surface area contributed by atoms with Crippen LogP contribution in [0.3, 0.4) is 0 Å². The smallest absolute Gasteiger partial charge is 0.269 e. The highest BCUT2D eigenvalue weighted by molar-refractivity contribution is 6.33. The molecule has 0 saturated carbocycles. The Balaban J connectivity index is 2.16. The van der Waals surface area contributed by atoms with Gasteiger partial charge in [-0.15, -0.1) is 0 Å². The zero-order valence-electron chi connectivity index (χ0n) is 11.2. The Morgan fingerprint density at radius 2 is 2.19 bits per heavy atom. The first kappa shape index (κ1) is 14.9. The summed E-state index contributed by atoms with van der Waals surface area (Å²) in [7, 11) is 1.60. The number of nitro benzene ring substituents is 1. The first-order chi connectivity index (χ1) is 9.99. The van der Waals surface area contributed by atoms with E-state index in [1.165, 1.54) is 35.5 Å². The van der Waals surface area contributed by atoms with E-state index in [4.69, 9.17) is 11.6 Å². The second-order valence-electron chi connectivity index (χ2n) is 4.44. The van der Waals surface area contributed by atoms with Crippen LogP contribution in [0.2, 0.25) is 5.02 Å². The molecule has 0 aliphatic heterocycles. The van der Waals surface area contributed by atoms with Gasteiger partial charge in [-0.1, -0.05) is 23.7 Å². The Hall–Kier alpha value is -2.47. The molecule has 0 saturated heterocycles. The first-order valence-corrected chi connectivity index (χ1v) is 6.45. The number of hydrogen-bond donors (Lipinski definition) is 0. The van der Waals surface area contributed by atoms with E-state index < -0.39 is 4.92 Å². The number of rotatable bonds is 4. The van der Waals surface area contributed by atoms with Gasteiger partial charge in [-0.3, -0.25) is 19.9 Å². The molecule has 108 valence electrons. The Morgan fingerprint density at radius 3 is 2.86 bits per heavy atom. The fourth-order valence-electron chi connectivity index (χ4n) is 1.85. The number of carbonyl (C=O) groups excluding carboxylic acids is 1. The average molecular weight is 306 g/mol. The van der Waals surface area contributed by atoms with Gasteiger partial charge >= 0.3 is 0 Å². The third-order valence-electron chi connectivity index (χ3n) is 2.89. The van der Waals surface area contributed by atoms with Gasteiger partial charge in [0.25, 0.3) is 11.6 Å². The van der Waals surface area contributed by atoms with E-state index in [1.54, 1.807) is 19.2 Å². The van der Waals surface area contributed by atoms with E-state index in [0.29, 0.717) is 16.1 Å². The third-order valence-corrected chi connectivity index (χ3v) is 3.22. The molecule has 0 fully saturated rings. The van der Waals surface area contributed by atoms with Crippen molar-refractivity contribution < 1.29 is 9.72 Å². The van der Waals surface area contributed by atoms with Gasteiger partial charge in [0.2, 0.25) is 0 Å². The van der Waals surface area contributed by atoms with Crippen LogP contribution in [-0.4, -0.2) is 27.8 Å². The van der Waals surface area contributed by atoms with Gasteiger partial charge in [-0.25, -0.2) is 0 Å². The molecule has 0 aliphatic rings. The molecule has 1 amide bonds. The van der Waals surface area contributed by atoms with Crippen molar-refractivity contribution in [3.05, 3.63) is 69.0 Å². The molecule has 1 aromatic heterocycles. The van der Waals surface area contributed by atoms with E-state index in [1.807, 2.05) is 0 Å². The van der Waals surface area contributed by atoms with E-state index in [9.17, 15) is 14.9 Å². The van der Waals surface area contributed by atoms with Gasteiger partial charge in [0, 0.05) is 38.1 Å². The molecule has 2 aromatic rings. The highest BCUT2D eigenvalue weighted by Gasteiger charge is 2.16. The summed E-state index contributed by atoms with van der Waals surface area (Å²) in [6, 6.07) is 7.69. The highest BCUT2D eigenvalue weighted by Crippen LogP contribution is 2.18. The summed E-state index contributed by atoms with van der Waals surface area (Å²) in [6.45, 7) is 0.242. The van der Waals surface area contributed by atoms with E-state index >= 15 is 0 Å². The Kier molecular flexibility index (Phi) is 4.49. The molecule has 0 atom stereocenters. The molecule has 0 aliphatic carbocycles. The van der Waals surface area contributed by atoms with Crippen molar-refractivity contribution in [2.24, 2.45) is 0 Å². The van der Waals surface area contributed by atoms with Crippen LogP contribution in [0, 0.1) is 10.1 Å². The molecule has 21 heavy (non-hydrogen) atoms. The minimum atomic E-state index is -0.469. The summed E-state index contributed by atoms with van der Waals surface area (Å²) in [4.78, 5) is 27.8. The molecule has 1 aromatic carbocycles. The predicted molar refractivity (Wildman–Crippen MR) is 78.1 cm³/mol. The second-order valence-corrected chi connectivity index (χ2v) is 4.85. The monoisotopic (exact) mass is 305 g/mol. The van der Waals surface area contributed by atoms with Crippen LogP contribution < -0.4 is 0 Å². The molecule has 2 rings (SSSR count). The van der Waals surface area contributed by atoms with Crippen molar-refractivity contribution in [3.63, 3.8) is 0 Å². The maximum Gasteiger partial charge on any atom is 0.269 e. The third kappa shape index (κ3) is 3.55. The van der Waals surface area contributed by atoms with Crippen LogP contribution in [0.25, 0.3) is 0 Å². The topological polar surface area (TPSA) is 76.3 Å². The summed E-state index contributed by atoms with van der Waals surface area (Å²) in [5.74, 6) is -0.292. The van der Waals surface area contributed by atoms with Gasteiger partial charge in [0.1, 0.15) is 0 Å². The number of nitrogens with zero attached hydrogens (tertiary/aromatic N) is 3. The van der Waals surface area contributed by atoms with Crippen molar-refractivity contribution in [1.82, 2.24) is 9.88 Å². The molecule has 0 radical (unpaired) electrons. The lowest BCUT2D eigenvalue weighted by atomic mass is 10.1. The SMILES string of the molecule is CN(Cc1cccc([N+](=O)[O-])c1)C(=O)c1cnccc1Cl. The number of hydrogen-bond acceptors (Lipinski definition) is 4. The van der Waals surface area contributed by atoms with Crippen molar-refractivity contribution in [2.45, 2.75) is 6.54 Å². The number of non-ortho nitro benzene ring substituents is 1. The summed E-state index contributed by atoms with van der Waals surface area (Å²) >= 11 is 5.96. The standard InChI is InChI=1S/C14H12ClN3O3/c1-17(14(19)12-8-16-6-5-13(12)15)9-10-3-2-4-11(7-10)18(20)21/h2-8H,9H2,1H3. The van der Waals surface area contributed by atoms with Crippen LogP contribution in [0.5, 0.6) is 0 Å². The molecular formula is C14H12ClN3O3. The normalized spacial score (nSPS) is 10.2. The molecular weight excluding hydrogens is 294 g/mol. The molecule has 0 unspecified atom stereocenters. The molecule has 1 heterocycles. The zero-order chi connectivity index (χ0) is 15.4. The van der Waals surface area contributed by atoms with E-state index in [0.717, 1.165) is 0 Å². The van der Waals surface area contributed by atoms with Crippen molar-refractivity contribution in [3.8, 4) is 0 Å².